The largest absolute Gasteiger partial charge is 0.496 e. The molecule has 1 fully saturated rings. The third-order valence-electron chi connectivity index (χ3n) is 16.5. The number of methoxy groups -OCH3 is 2. The van der Waals surface area contributed by atoms with Gasteiger partial charge < -0.3 is 35.5 Å². The first-order chi connectivity index (χ1) is 40.3. The van der Waals surface area contributed by atoms with E-state index in [2.05, 4.69) is 99.3 Å². The molecule has 1 saturated carbocycles. The second kappa shape index (κ2) is 27.6. The number of fused-ring (bicyclic) bond motifs is 2. The number of unbranched alkanes of at least 4 members (excludes halogenated alkanes) is 6. The molecular weight excluding hydrogens is 1100 g/mol. The van der Waals surface area contributed by atoms with Crippen molar-refractivity contribution in [3.8, 4) is 11.5 Å². The summed E-state index contributed by atoms with van der Waals surface area (Å²) in [6, 6.07) is 14.7. The lowest BCUT2D eigenvalue weighted by Crippen LogP contribution is -2.52. The smallest absolute Gasteiger partial charge is 0.300 e. The Hall–Kier alpha value is -7.99. The van der Waals surface area contributed by atoms with Gasteiger partial charge in [0.15, 0.2) is 5.52 Å². The summed E-state index contributed by atoms with van der Waals surface area (Å²) in [5.74, 6) is 1.39. The van der Waals surface area contributed by atoms with Crippen molar-refractivity contribution in [2.75, 3.05) is 52.4 Å². The molecule has 6 aromatic rings. The Balaban J connectivity index is 0.747. The van der Waals surface area contributed by atoms with Crippen molar-refractivity contribution in [3.63, 3.8) is 0 Å². The molecule has 3 aliphatic rings. The number of benzene rings is 3. The molecule has 84 heavy (non-hydrogen) atoms. The maximum Gasteiger partial charge on any atom is 0.300 e. The number of nitro benzene ring substituents is 1. The van der Waals surface area contributed by atoms with Gasteiger partial charge in [-0.1, -0.05) is 96.1 Å². The van der Waals surface area contributed by atoms with Crippen LogP contribution in [-0.4, -0.2) is 107 Å². The fraction of sp³-hybridized carbons (Fsp3) is 0.500. The van der Waals surface area contributed by atoms with Crippen LogP contribution in [0, 0.1) is 27.4 Å². The zero-order valence-corrected chi connectivity index (χ0v) is 49.7. The molecule has 3 atom stereocenters. The minimum Gasteiger partial charge on any atom is -0.496 e. The van der Waals surface area contributed by atoms with Crippen LogP contribution in [0.3, 0.4) is 0 Å². The minimum absolute atomic E-state index is 0.00122. The number of amides is 3. The van der Waals surface area contributed by atoms with E-state index >= 15 is 0 Å². The third-order valence-corrected chi connectivity index (χ3v) is 18.1. The standard InChI is InChI=1S/C60H77N11O12S/c1-8-9-10-14-24-59(2,3)42-32-50(80-6)54(51(33-42)81-7)45-31-41(46-34-47(45)60(46,4)5)35-63-52(72)19-13-11-12-15-25-62-58(75)40-20-23-53(73)70(37-40)84(78,79)44-18-16-17-39(30-44)57(74)64-36-43-38-69(68-65-43)27-29-82-28-26-61-48-21-22-49(71(76)77)56-55(48)66-83-67-56/h16-18,20-23,30-33,37-38,45-47,61H,8-15,19,24-29,34-36H2,1-7H3,(H,62,75)(H,63,72)(H,64,74)/t45-,46+,47-/m0/s1. The zero-order chi connectivity index (χ0) is 60.2. The second-order valence-electron chi connectivity index (χ2n) is 22.8. The van der Waals surface area contributed by atoms with Gasteiger partial charge in [-0.05, 0) is 107 Å². The molecule has 23 nitrogen and oxygen atoms in total. The fourth-order valence-electron chi connectivity index (χ4n) is 11.4. The number of carbonyl (C=O) groups excluding carboxylic acids is 3. The van der Waals surface area contributed by atoms with E-state index in [-0.39, 0.29) is 75.2 Å². The molecule has 450 valence electrons. The number of nitrogens with zero attached hydrogens (tertiary/aromatic N) is 7. The van der Waals surface area contributed by atoms with E-state index in [4.69, 9.17) is 14.2 Å². The number of hydrogen-bond donors (Lipinski definition) is 4. The lowest BCUT2D eigenvalue weighted by Gasteiger charge is -2.59. The SMILES string of the molecule is CCCCCCC(C)(C)c1cc(OC)c([C@H]2C=C(CNC(=O)CCCCCCNC(=O)c3ccc(=O)n(S(=O)(=O)c4cccc(C(=O)NCc5cn(CCOCCNc6ccc([N+](=O)[O-])c7nonc67)nn5)c4)c3)[C@H]3C[C@@H]2C3(C)C)c(OC)c1. The van der Waals surface area contributed by atoms with Crippen LogP contribution in [0.1, 0.15) is 149 Å². The number of pyridine rings is 1. The van der Waals surface area contributed by atoms with Crippen molar-refractivity contribution in [2.24, 2.45) is 17.3 Å². The summed E-state index contributed by atoms with van der Waals surface area (Å²) in [6.07, 6.45) is 15.1. The van der Waals surface area contributed by atoms with Crippen molar-refractivity contribution in [1.82, 2.24) is 45.2 Å². The molecule has 3 aliphatic carbocycles. The van der Waals surface area contributed by atoms with Gasteiger partial charge in [0.25, 0.3) is 27.4 Å². The molecular formula is C60H77N11O12S. The summed E-state index contributed by atoms with van der Waals surface area (Å²) in [5, 5.41) is 38.5. The van der Waals surface area contributed by atoms with Crippen molar-refractivity contribution in [3.05, 3.63) is 133 Å². The highest BCUT2D eigenvalue weighted by Gasteiger charge is 2.56. The lowest BCUT2D eigenvalue weighted by atomic mass is 9.45. The van der Waals surface area contributed by atoms with E-state index in [1.54, 1.807) is 20.4 Å². The highest BCUT2D eigenvalue weighted by Crippen LogP contribution is 2.65. The number of hydrogen-bond acceptors (Lipinski definition) is 17. The summed E-state index contributed by atoms with van der Waals surface area (Å²) in [6.45, 7) is 13.5. The van der Waals surface area contributed by atoms with Crippen molar-refractivity contribution >= 4 is 50.2 Å². The van der Waals surface area contributed by atoms with Crippen LogP contribution in [0.25, 0.3) is 11.0 Å². The Morgan fingerprint density at radius 1 is 0.845 bits per heavy atom. The normalized spacial score (nSPS) is 16.3. The predicted molar refractivity (Wildman–Crippen MR) is 315 cm³/mol. The molecule has 24 heteroatoms. The monoisotopic (exact) mass is 1180 g/mol. The van der Waals surface area contributed by atoms with E-state index in [0.29, 0.717) is 72.6 Å². The number of ether oxygens (including phenoxy) is 3. The average Bonchev–Trinajstić information content (AvgIpc) is 0.999. The van der Waals surface area contributed by atoms with Gasteiger partial charge in [-0.2, -0.15) is 0 Å². The number of carbonyl (C=O) groups is 3. The maximum absolute atomic E-state index is 13.8. The predicted octanol–water partition coefficient (Wildman–Crippen LogP) is 8.63. The first-order valence-electron chi connectivity index (χ1n) is 28.8. The highest BCUT2D eigenvalue weighted by molar-refractivity contribution is 7.90. The molecule has 4 N–H and O–H groups in total. The highest BCUT2D eigenvalue weighted by atomic mass is 32.2. The summed E-state index contributed by atoms with van der Waals surface area (Å²) < 4.78 is 52.2. The summed E-state index contributed by atoms with van der Waals surface area (Å²) in [7, 11) is -1.07. The Morgan fingerprint density at radius 2 is 1.58 bits per heavy atom. The summed E-state index contributed by atoms with van der Waals surface area (Å²) in [5.41, 5.74) is 3.57. The zero-order valence-electron chi connectivity index (χ0n) is 48.9. The Labute approximate surface area is 488 Å². The minimum atomic E-state index is -4.55. The van der Waals surface area contributed by atoms with E-state index in [1.807, 2.05) is 0 Å². The molecule has 3 heterocycles. The molecule has 0 spiro atoms. The van der Waals surface area contributed by atoms with E-state index in [0.717, 1.165) is 61.1 Å². The van der Waals surface area contributed by atoms with Gasteiger partial charge in [0.05, 0.1) is 67.8 Å². The number of aromatic nitrogens is 6. The van der Waals surface area contributed by atoms with Crippen LogP contribution in [0.15, 0.2) is 99.0 Å². The van der Waals surface area contributed by atoms with Gasteiger partial charge in [-0.25, -0.2) is 21.7 Å². The van der Waals surface area contributed by atoms with Crippen LogP contribution >= 0.6 is 0 Å². The Kier molecular flexibility index (Phi) is 20.4. The number of allylic oxidation sites excluding steroid dienone is 1. The number of nitrogens with one attached hydrogen (secondary N) is 4. The molecule has 0 saturated heterocycles. The topological polar surface area (TPSA) is 296 Å². The van der Waals surface area contributed by atoms with Crippen LogP contribution < -0.4 is 36.3 Å². The molecule has 3 aromatic heterocycles. The van der Waals surface area contributed by atoms with Crippen LogP contribution in [0.2, 0.25) is 0 Å². The van der Waals surface area contributed by atoms with Gasteiger partial charge in [-0.15, -0.1) is 5.10 Å². The maximum atomic E-state index is 13.8. The van der Waals surface area contributed by atoms with Gasteiger partial charge in [0, 0.05) is 61.4 Å². The van der Waals surface area contributed by atoms with E-state index in [1.165, 1.54) is 77.9 Å². The number of non-ortho nitro benzene ring substituents is 1. The number of anilines is 1. The first kappa shape index (κ1) is 62.1. The second-order valence-corrected chi connectivity index (χ2v) is 24.6. The summed E-state index contributed by atoms with van der Waals surface area (Å²) in [4.78, 5) is 62.9. The quantitative estimate of drug-likeness (QED) is 0.0133. The fourth-order valence-corrected chi connectivity index (χ4v) is 12.7. The van der Waals surface area contributed by atoms with E-state index < -0.39 is 32.3 Å². The lowest BCUT2D eigenvalue weighted by molar-refractivity contribution is -0.383. The molecule has 0 aliphatic heterocycles. The van der Waals surface area contributed by atoms with Crippen LogP contribution in [0.4, 0.5) is 11.4 Å². The number of rotatable bonds is 32. The molecule has 2 bridgehead atoms. The van der Waals surface area contributed by atoms with Crippen molar-refractivity contribution < 1.29 is 46.6 Å². The molecule has 3 amide bonds. The van der Waals surface area contributed by atoms with Gasteiger partial charge in [-0.3, -0.25) is 29.3 Å². The van der Waals surface area contributed by atoms with Gasteiger partial charge in [0.1, 0.15) is 17.2 Å². The molecule has 0 radical (unpaired) electrons. The van der Waals surface area contributed by atoms with E-state index in [9.17, 15) is 37.7 Å². The van der Waals surface area contributed by atoms with Crippen LogP contribution in [-0.2, 0) is 38.1 Å². The third kappa shape index (κ3) is 14.5. The van der Waals surface area contributed by atoms with Crippen LogP contribution in [0.5, 0.6) is 11.5 Å². The molecule has 0 unspecified atom stereocenters. The Morgan fingerprint density at radius 3 is 2.32 bits per heavy atom. The van der Waals surface area contributed by atoms with Gasteiger partial charge in [0.2, 0.25) is 11.4 Å². The van der Waals surface area contributed by atoms with Crippen molar-refractivity contribution in [2.45, 2.75) is 135 Å². The van der Waals surface area contributed by atoms with Crippen molar-refractivity contribution in [1.29, 1.82) is 0 Å². The number of nitro groups is 1. The first-order valence-corrected chi connectivity index (χ1v) is 30.2. The average molecular weight is 1180 g/mol. The summed E-state index contributed by atoms with van der Waals surface area (Å²) >= 11 is 0. The molecule has 9 rings (SSSR count). The molecule has 3 aromatic carbocycles. The van der Waals surface area contributed by atoms with Gasteiger partial charge >= 0.3 is 5.69 Å². The Bertz CT molecular complexity index is 3510.